The molecule has 1 aliphatic rings. The fourth-order valence-corrected chi connectivity index (χ4v) is 6.09. The van der Waals surface area contributed by atoms with Crippen molar-refractivity contribution in [3.63, 3.8) is 0 Å². The van der Waals surface area contributed by atoms with Gasteiger partial charge in [0.25, 0.3) is 5.91 Å². The molecule has 14 heteroatoms. The summed E-state index contributed by atoms with van der Waals surface area (Å²) in [7, 11) is 4.23. The van der Waals surface area contributed by atoms with Gasteiger partial charge in [-0.2, -0.15) is 10.2 Å². The zero-order chi connectivity index (χ0) is 37.9. The van der Waals surface area contributed by atoms with E-state index in [0.717, 1.165) is 10.2 Å². The van der Waals surface area contributed by atoms with Gasteiger partial charge in [-0.3, -0.25) is 4.79 Å². The number of esters is 2. The van der Waals surface area contributed by atoms with Crippen LogP contribution in [0, 0.1) is 25.0 Å². The Labute approximate surface area is 311 Å². The molecule has 1 atom stereocenters. The molecule has 0 bridgehead atoms. The number of likely N-dealkylation sites (tertiary alicyclic amines) is 1. The summed E-state index contributed by atoms with van der Waals surface area (Å²) in [5.41, 5.74) is 2.80. The van der Waals surface area contributed by atoms with Gasteiger partial charge in [-0.15, -0.1) is 0 Å². The van der Waals surface area contributed by atoms with E-state index < -0.39 is 23.4 Å². The number of benzene rings is 4. The van der Waals surface area contributed by atoms with Gasteiger partial charge in [-0.05, 0) is 48.5 Å². The predicted octanol–water partition coefficient (Wildman–Crippen LogP) is 6.43. The number of aliphatic hydroxyl groups is 1. The third-order valence-corrected chi connectivity index (χ3v) is 8.90. The Bertz CT molecular complexity index is 2600. The normalized spacial score (nSPS) is 14.8. The number of likely N-dealkylation sites (N-methyl/N-ethyl adjacent to an activating group) is 1. The Morgan fingerprint density at radius 3 is 1.83 bits per heavy atom. The summed E-state index contributed by atoms with van der Waals surface area (Å²) >= 11 is 3.42. The van der Waals surface area contributed by atoms with E-state index in [9.17, 15) is 19.5 Å². The van der Waals surface area contributed by atoms with Gasteiger partial charge in [0, 0.05) is 40.8 Å². The molecule has 0 spiro atoms. The first-order valence-corrected chi connectivity index (χ1v) is 16.6. The zero-order valence-corrected chi connectivity index (χ0v) is 30.1. The largest absolute Gasteiger partial charge is 0.464 e. The number of hydrogen-bond acceptors (Lipinski definition) is 8. The number of amides is 1. The first-order valence-electron chi connectivity index (χ1n) is 15.8. The number of fused-ring (bicyclic) bond motifs is 2. The van der Waals surface area contributed by atoms with Gasteiger partial charge in [-0.1, -0.05) is 64.2 Å². The van der Waals surface area contributed by atoms with E-state index in [-0.39, 0.29) is 17.8 Å². The number of hydrogen-bond donors (Lipinski definition) is 1. The molecule has 1 amide bonds. The number of rotatable bonds is 4. The van der Waals surface area contributed by atoms with E-state index in [1.165, 1.54) is 19.1 Å². The van der Waals surface area contributed by atoms with Crippen LogP contribution in [-0.4, -0.2) is 80.8 Å². The molecule has 7 rings (SSSR count). The van der Waals surface area contributed by atoms with Gasteiger partial charge in [0.2, 0.25) is 5.60 Å². The van der Waals surface area contributed by atoms with Crippen molar-refractivity contribution in [1.29, 1.82) is 0 Å². The van der Waals surface area contributed by atoms with Crippen LogP contribution in [-0.2, 0) is 14.3 Å². The second-order valence-electron chi connectivity index (χ2n) is 11.7. The summed E-state index contributed by atoms with van der Waals surface area (Å²) in [4.78, 5) is 44.6. The topological polar surface area (TPSA) is 138 Å². The number of aromatic nitrogens is 4. The van der Waals surface area contributed by atoms with Crippen LogP contribution < -0.4 is 0 Å². The van der Waals surface area contributed by atoms with Crippen molar-refractivity contribution in [1.82, 2.24) is 24.5 Å². The highest BCUT2D eigenvalue weighted by Crippen LogP contribution is 2.29. The summed E-state index contributed by atoms with van der Waals surface area (Å²) in [6, 6.07) is 24.6. The lowest BCUT2D eigenvalue weighted by Crippen LogP contribution is -2.37. The van der Waals surface area contributed by atoms with Gasteiger partial charge < -0.3 is 19.5 Å². The van der Waals surface area contributed by atoms with E-state index in [1.807, 2.05) is 24.3 Å². The minimum absolute atomic E-state index is 0.138. The summed E-state index contributed by atoms with van der Waals surface area (Å²) < 4.78 is 13.7. The molecule has 0 radical (unpaired) electrons. The molecule has 13 nitrogen and oxygen atoms in total. The maximum atomic E-state index is 12.2. The number of nitrogens with zero attached hydrogens (tertiary/aromatic N) is 7. The van der Waals surface area contributed by atoms with Crippen LogP contribution in [0.25, 0.3) is 42.9 Å². The zero-order valence-electron chi connectivity index (χ0n) is 28.5. The quantitative estimate of drug-likeness (QED) is 0.123. The monoisotopic (exact) mass is 769 g/mol. The van der Waals surface area contributed by atoms with Crippen LogP contribution in [0.15, 0.2) is 89.4 Å². The SMILES string of the molecule is [C-]#[N+]c1ccc2c(C(=O)OC)nn(-c3cccc(Br)c3)c2c1.[C-]#[N+]c1ccc2c(C(=O)OC)nn(-c3cccc(C#C[C@]4(O)CCN(C)C4=O)c3)c2c1. The van der Waals surface area contributed by atoms with E-state index in [0.29, 0.717) is 51.0 Å². The predicted molar refractivity (Wildman–Crippen MR) is 199 cm³/mol. The summed E-state index contributed by atoms with van der Waals surface area (Å²) in [6.45, 7) is 14.9. The van der Waals surface area contributed by atoms with Crippen LogP contribution in [0.1, 0.15) is 33.0 Å². The van der Waals surface area contributed by atoms with Crippen LogP contribution in [0.3, 0.4) is 0 Å². The van der Waals surface area contributed by atoms with E-state index in [2.05, 4.69) is 47.7 Å². The molecule has 1 fully saturated rings. The van der Waals surface area contributed by atoms with Crippen molar-refractivity contribution in [3.8, 4) is 23.2 Å². The summed E-state index contributed by atoms with van der Waals surface area (Å²) in [5.74, 6) is 4.06. The minimum Gasteiger partial charge on any atom is -0.464 e. The Morgan fingerprint density at radius 2 is 1.36 bits per heavy atom. The third kappa shape index (κ3) is 7.08. The maximum absolute atomic E-state index is 12.2. The second-order valence-corrected chi connectivity index (χ2v) is 12.7. The van der Waals surface area contributed by atoms with Gasteiger partial charge in [-0.25, -0.2) is 28.6 Å². The molecule has 0 saturated carbocycles. The van der Waals surface area contributed by atoms with Gasteiger partial charge in [0.05, 0.1) is 49.8 Å². The van der Waals surface area contributed by atoms with Crippen LogP contribution in [0.5, 0.6) is 0 Å². The summed E-state index contributed by atoms with van der Waals surface area (Å²) in [5, 5.41) is 20.5. The van der Waals surface area contributed by atoms with Crippen molar-refractivity contribution in [2.45, 2.75) is 12.0 Å². The van der Waals surface area contributed by atoms with E-state index in [1.54, 1.807) is 77.1 Å². The molecular formula is C39H28BrN7O6. The molecule has 0 aliphatic carbocycles. The highest BCUT2D eigenvalue weighted by atomic mass is 79.9. The molecule has 1 saturated heterocycles. The Balaban J connectivity index is 0.000000192. The van der Waals surface area contributed by atoms with Crippen molar-refractivity contribution >= 4 is 67.0 Å². The molecule has 4 aromatic carbocycles. The third-order valence-electron chi connectivity index (χ3n) is 8.41. The van der Waals surface area contributed by atoms with Crippen LogP contribution in [0.2, 0.25) is 0 Å². The first kappa shape index (κ1) is 36.0. The van der Waals surface area contributed by atoms with E-state index >= 15 is 0 Å². The standard InChI is InChI=1S/C23H18N4O4.C16H10BrN3O2/c1-24-16-7-8-18-19(14-16)27(25-20(18)21(28)31-3)17-6-4-5-15(13-17)9-10-23(30)11-12-26(2)22(23)29;1-18-11-6-7-13-14(9-11)20(19-15(13)16(21)22-2)12-5-3-4-10(17)8-12/h4-8,13-14,30H,11-12H2,2-3H3;3-9H,2H3/t23-;/m0./s1. The first-order chi connectivity index (χ1) is 25.5. The molecule has 53 heavy (non-hydrogen) atoms. The number of carbonyl (C=O) groups is 3. The molecule has 262 valence electrons. The molecule has 6 aromatic rings. The van der Waals surface area contributed by atoms with Gasteiger partial charge >= 0.3 is 11.9 Å². The number of halogens is 1. The molecular weight excluding hydrogens is 742 g/mol. The molecule has 1 aliphatic heterocycles. The Kier molecular flexibility index (Phi) is 10.1. The van der Waals surface area contributed by atoms with Gasteiger partial charge in [0.15, 0.2) is 22.8 Å². The highest BCUT2D eigenvalue weighted by molar-refractivity contribution is 9.10. The maximum Gasteiger partial charge on any atom is 0.359 e. The Morgan fingerprint density at radius 1 is 0.830 bits per heavy atom. The molecule has 0 unspecified atom stereocenters. The van der Waals surface area contributed by atoms with Crippen molar-refractivity contribution in [2.24, 2.45) is 0 Å². The average molecular weight is 771 g/mol. The van der Waals surface area contributed by atoms with Gasteiger partial charge in [0.1, 0.15) is 0 Å². The molecule has 2 aromatic heterocycles. The smallest absolute Gasteiger partial charge is 0.359 e. The highest BCUT2D eigenvalue weighted by Gasteiger charge is 2.42. The number of methoxy groups -OCH3 is 2. The second kappa shape index (κ2) is 14.8. The van der Waals surface area contributed by atoms with Crippen molar-refractivity contribution in [2.75, 3.05) is 27.8 Å². The lowest BCUT2D eigenvalue weighted by Gasteiger charge is -2.13. The van der Waals surface area contributed by atoms with Crippen LogP contribution in [0.4, 0.5) is 11.4 Å². The molecule has 1 N–H and O–H groups in total. The van der Waals surface area contributed by atoms with E-state index in [4.69, 9.17) is 22.6 Å². The Hall–Kier alpha value is -6.79. The summed E-state index contributed by atoms with van der Waals surface area (Å²) in [6.07, 6.45) is 0.251. The fourth-order valence-electron chi connectivity index (χ4n) is 5.70. The van der Waals surface area contributed by atoms with Crippen LogP contribution >= 0.6 is 15.9 Å². The van der Waals surface area contributed by atoms with Crippen molar-refractivity contribution < 1.29 is 29.0 Å². The molecule has 3 heterocycles. The number of ether oxygens (including phenoxy) is 2. The average Bonchev–Trinajstić information content (AvgIpc) is 3.84. The lowest BCUT2D eigenvalue weighted by atomic mass is 10.0. The fraction of sp³-hybridized carbons (Fsp3) is 0.154. The number of carbonyl (C=O) groups excluding carboxylic acids is 3. The van der Waals surface area contributed by atoms with Crippen molar-refractivity contribution in [3.05, 3.63) is 129 Å². The lowest BCUT2D eigenvalue weighted by molar-refractivity contribution is -0.137. The minimum atomic E-state index is -1.69.